The molecule has 2 heterocycles. The Balaban J connectivity index is 1.53. The number of hydrogen-bond acceptors (Lipinski definition) is 5. The number of amides is 1. The average Bonchev–Trinajstić information content (AvgIpc) is 3.24. The van der Waals surface area contributed by atoms with Gasteiger partial charge in [-0.2, -0.15) is 5.10 Å². The summed E-state index contributed by atoms with van der Waals surface area (Å²) in [4.78, 5) is 24.2. The number of carbonyl (C=O) groups excluding carboxylic acids is 1. The molecule has 1 aromatic carbocycles. The molecule has 0 aliphatic heterocycles. The van der Waals surface area contributed by atoms with Gasteiger partial charge in [-0.05, 0) is 49.2 Å². The monoisotopic (exact) mass is 381 g/mol. The van der Waals surface area contributed by atoms with Crippen molar-refractivity contribution < 1.29 is 13.9 Å². The quantitative estimate of drug-likeness (QED) is 0.648. The highest BCUT2D eigenvalue weighted by atomic mass is 16.5. The molecule has 0 bridgehead atoms. The SMILES string of the molecule is CCc1ccc(OC(C)C(=O)NCCn2nc(-c3ccco3)ccc2=O)cc1. The third-order valence-corrected chi connectivity index (χ3v) is 4.28. The van der Waals surface area contributed by atoms with Crippen molar-refractivity contribution in [3.8, 4) is 17.2 Å². The summed E-state index contributed by atoms with van der Waals surface area (Å²) in [6.07, 6.45) is 1.85. The largest absolute Gasteiger partial charge is 0.481 e. The first-order valence-corrected chi connectivity index (χ1v) is 9.22. The minimum absolute atomic E-state index is 0.245. The standard InChI is InChI=1S/C21H23N3O4/c1-3-16-6-8-17(9-7-16)28-15(2)21(26)22-12-13-24-20(25)11-10-18(23-24)19-5-4-14-27-19/h4-11,14-15H,3,12-13H2,1-2H3,(H,22,26). The van der Waals surface area contributed by atoms with E-state index in [1.165, 1.54) is 16.3 Å². The maximum absolute atomic E-state index is 12.2. The second-order valence-corrected chi connectivity index (χ2v) is 6.31. The second kappa shape index (κ2) is 9.03. The van der Waals surface area contributed by atoms with Crippen LogP contribution in [-0.2, 0) is 17.8 Å². The number of nitrogens with zero attached hydrogens (tertiary/aromatic N) is 2. The molecule has 1 amide bonds. The lowest BCUT2D eigenvalue weighted by molar-refractivity contribution is -0.127. The van der Waals surface area contributed by atoms with Crippen molar-refractivity contribution in [2.45, 2.75) is 32.9 Å². The fraction of sp³-hybridized carbons (Fsp3) is 0.286. The zero-order chi connectivity index (χ0) is 19.9. The molecule has 7 heteroatoms. The highest BCUT2D eigenvalue weighted by Gasteiger charge is 2.14. The van der Waals surface area contributed by atoms with Gasteiger partial charge >= 0.3 is 0 Å². The first-order valence-electron chi connectivity index (χ1n) is 9.22. The first-order chi connectivity index (χ1) is 13.6. The number of carbonyl (C=O) groups is 1. The number of ether oxygens (including phenoxy) is 1. The topological polar surface area (TPSA) is 86.4 Å². The molecule has 0 saturated heterocycles. The molecule has 146 valence electrons. The summed E-state index contributed by atoms with van der Waals surface area (Å²) in [6, 6.07) is 14.2. The molecule has 7 nitrogen and oxygen atoms in total. The molecule has 0 aliphatic carbocycles. The van der Waals surface area contributed by atoms with Crippen LogP contribution in [0.15, 0.2) is 64.0 Å². The van der Waals surface area contributed by atoms with E-state index < -0.39 is 6.10 Å². The molecule has 28 heavy (non-hydrogen) atoms. The van der Waals surface area contributed by atoms with Crippen LogP contribution < -0.4 is 15.6 Å². The Morgan fingerprint density at radius 1 is 1.21 bits per heavy atom. The number of nitrogens with one attached hydrogen (secondary N) is 1. The Hall–Kier alpha value is -3.35. The Bertz CT molecular complexity index is 962. The number of benzene rings is 1. The van der Waals surface area contributed by atoms with Crippen molar-refractivity contribution in [3.63, 3.8) is 0 Å². The van der Waals surface area contributed by atoms with Crippen LogP contribution in [0.1, 0.15) is 19.4 Å². The highest BCUT2D eigenvalue weighted by Crippen LogP contribution is 2.15. The van der Waals surface area contributed by atoms with Gasteiger partial charge in [0.05, 0.1) is 12.8 Å². The molecule has 0 fully saturated rings. The van der Waals surface area contributed by atoms with Gasteiger partial charge in [0.2, 0.25) is 0 Å². The van der Waals surface area contributed by atoms with Gasteiger partial charge in [0.15, 0.2) is 11.9 Å². The van der Waals surface area contributed by atoms with Gasteiger partial charge in [-0.3, -0.25) is 9.59 Å². The van der Waals surface area contributed by atoms with Crippen molar-refractivity contribution in [2.24, 2.45) is 0 Å². The van der Waals surface area contributed by atoms with Gasteiger partial charge in [0.25, 0.3) is 11.5 Å². The lowest BCUT2D eigenvalue weighted by atomic mass is 10.2. The molecule has 1 atom stereocenters. The molecule has 1 N–H and O–H groups in total. The van der Waals surface area contributed by atoms with Gasteiger partial charge in [0, 0.05) is 12.6 Å². The zero-order valence-electron chi connectivity index (χ0n) is 15.9. The smallest absolute Gasteiger partial charge is 0.266 e. The van der Waals surface area contributed by atoms with Crippen LogP contribution in [0.2, 0.25) is 0 Å². The summed E-state index contributed by atoms with van der Waals surface area (Å²) >= 11 is 0. The van der Waals surface area contributed by atoms with E-state index in [1.54, 1.807) is 31.4 Å². The minimum atomic E-state index is -0.647. The molecule has 3 rings (SSSR count). The summed E-state index contributed by atoms with van der Waals surface area (Å²) in [6.45, 7) is 4.27. The van der Waals surface area contributed by atoms with E-state index in [4.69, 9.17) is 9.15 Å². The number of rotatable bonds is 8. The average molecular weight is 381 g/mol. The molecular weight excluding hydrogens is 358 g/mol. The van der Waals surface area contributed by atoms with Crippen LogP contribution in [0, 0.1) is 0 Å². The van der Waals surface area contributed by atoms with Gasteiger partial charge in [0.1, 0.15) is 11.4 Å². The van der Waals surface area contributed by atoms with Crippen molar-refractivity contribution in [2.75, 3.05) is 6.54 Å². The summed E-state index contributed by atoms with van der Waals surface area (Å²) in [7, 11) is 0. The van der Waals surface area contributed by atoms with E-state index in [0.717, 1.165) is 6.42 Å². The Labute approximate surface area is 162 Å². The molecule has 1 unspecified atom stereocenters. The summed E-state index contributed by atoms with van der Waals surface area (Å²) in [5, 5.41) is 7.04. The summed E-state index contributed by atoms with van der Waals surface area (Å²) in [5.41, 5.74) is 1.52. The number of furan rings is 1. The fourth-order valence-electron chi connectivity index (χ4n) is 2.65. The van der Waals surface area contributed by atoms with Crippen LogP contribution in [0.5, 0.6) is 5.75 Å². The van der Waals surface area contributed by atoms with Crippen molar-refractivity contribution in [1.29, 1.82) is 0 Å². The molecule has 2 aromatic heterocycles. The predicted molar refractivity (Wildman–Crippen MR) is 105 cm³/mol. The Kier molecular flexibility index (Phi) is 6.26. The van der Waals surface area contributed by atoms with E-state index in [2.05, 4.69) is 17.3 Å². The van der Waals surface area contributed by atoms with Crippen LogP contribution in [0.25, 0.3) is 11.5 Å². The van der Waals surface area contributed by atoms with E-state index in [9.17, 15) is 9.59 Å². The molecule has 0 aliphatic rings. The number of hydrogen-bond donors (Lipinski definition) is 1. The summed E-state index contributed by atoms with van der Waals surface area (Å²) < 4.78 is 12.3. The number of aromatic nitrogens is 2. The van der Waals surface area contributed by atoms with Crippen molar-refractivity contribution >= 4 is 5.91 Å². The van der Waals surface area contributed by atoms with Gasteiger partial charge in [-0.15, -0.1) is 0 Å². The van der Waals surface area contributed by atoms with Gasteiger partial charge in [-0.1, -0.05) is 19.1 Å². The van der Waals surface area contributed by atoms with Crippen LogP contribution in [0.4, 0.5) is 0 Å². The van der Waals surface area contributed by atoms with Crippen molar-refractivity contribution in [1.82, 2.24) is 15.1 Å². The maximum atomic E-state index is 12.2. The fourth-order valence-corrected chi connectivity index (χ4v) is 2.65. The van der Waals surface area contributed by atoms with Gasteiger partial charge < -0.3 is 14.5 Å². The number of aryl methyl sites for hydroxylation is 1. The lowest BCUT2D eigenvalue weighted by Crippen LogP contribution is -2.39. The normalized spacial score (nSPS) is 11.8. The van der Waals surface area contributed by atoms with E-state index in [1.807, 2.05) is 24.3 Å². The highest BCUT2D eigenvalue weighted by molar-refractivity contribution is 5.80. The van der Waals surface area contributed by atoms with E-state index >= 15 is 0 Å². The molecular formula is C21H23N3O4. The van der Waals surface area contributed by atoms with E-state index in [-0.39, 0.29) is 24.6 Å². The Morgan fingerprint density at radius 2 is 2.00 bits per heavy atom. The molecule has 3 aromatic rings. The molecule has 0 spiro atoms. The zero-order valence-corrected chi connectivity index (χ0v) is 15.9. The third kappa shape index (κ3) is 4.88. The van der Waals surface area contributed by atoms with Gasteiger partial charge in [-0.25, -0.2) is 4.68 Å². The molecule has 0 radical (unpaired) electrons. The predicted octanol–water partition coefficient (Wildman–Crippen LogP) is 2.65. The minimum Gasteiger partial charge on any atom is -0.481 e. The van der Waals surface area contributed by atoms with E-state index in [0.29, 0.717) is 17.2 Å². The summed E-state index contributed by atoms with van der Waals surface area (Å²) in [5.74, 6) is 0.965. The van der Waals surface area contributed by atoms with Crippen LogP contribution in [0.3, 0.4) is 0 Å². The van der Waals surface area contributed by atoms with Crippen LogP contribution >= 0.6 is 0 Å². The maximum Gasteiger partial charge on any atom is 0.266 e. The Morgan fingerprint density at radius 3 is 2.68 bits per heavy atom. The molecule has 0 saturated carbocycles. The van der Waals surface area contributed by atoms with Crippen LogP contribution in [-0.4, -0.2) is 28.3 Å². The van der Waals surface area contributed by atoms with Crippen molar-refractivity contribution in [3.05, 3.63) is 70.7 Å². The lowest BCUT2D eigenvalue weighted by Gasteiger charge is -2.15. The third-order valence-electron chi connectivity index (χ3n) is 4.28. The second-order valence-electron chi connectivity index (χ2n) is 6.31. The first kappa shape index (κ1) is 19.4.